The number of pyridine rings is 2. The highest BCUT2D eigenvalue weighted by atomic mass is 19.1. The van der Waals surface area contributed by atoms with Gasteiger partial charge in [-0.1, -0.05) is 24.3 Å². The molecule has 1 fully saturated rings. The van der Waals surface area contributed by atoms with Gasteiger partial charge >= 0.3 is 0 Å². The van der Waals surface area contributed by atoms with Crippen molar-refractivity contribution in [3.05, 3.63) is 95.3 Å². The standard InChI is InChI=1S/C22H22FN3/c23-19-10-8-17(9-11-19)14-20-5-1-6-21(25-20)22-7-3-13-26(22)16-18-4-2-12-24-15-18/h1-2,4-6,8-12,15,22H,3,7,13-14,16H2/t22-/m1/s1. The van der Waals surface area contributed by atoms with Crippen LogP contribution in [0, 0.1) is 5.82 Å². The Kier molecular flexibility index (Phi) is 5.02. The average Bonchev–Trinajstić information content (AvgIpc) is 3.13. The summed E-state index contributed by atoms with van der Waals surface area (Å²) >= 11 is 0. The Morgan fingerprint density at radius 1 is 1.00 bits per heavy atom. The van der Waals surface area contributed by atoms with Gasteiger partial charge in [-0.3, -0.25) is 14.9 Å². The minimum Gasteiger partial charge on any atom is -0.290 e. The van der Waals surface area contributed by atoms with Crippen LogP contribution >= 0.6 is 0 Å². The molecular formula is C22H22FN3. The third-order valence-corrected chi connectivity index (χ3v) is 4.94. The molecule has 1 aliphatic heterocycles. The van der Waals surface area contributed by atoms with E-state index in [1.807, 2.05) is 36.7 Å². The lowest BCUT2D eigenvalue weighted by atomic mass is 10.1. The maximum absolute atomic E-state index is 13.1. The smallest absolute Gasteiger partial charge is 0.123 e. The zero-order chi connectivity index (χ0) is 17.8. The normalized spacial score (nSPS) is 17.5. The molecule has 0 unspecified atom stereocenters. The van der Waals surface area contributed by atoms with E-state index in [0.717, 1.165) is 42.9 Å². The van der Waals surface area contributed by atoms with E-state index in [-0.39, 0.29) is 5.82 Å². The van der Waals surface area contributed by atoms with E-state index in [0.29, 0.717) is 6.04 Å². The van der Waals surface area contributed by atoms with Crippen molar-refractivity contribution in [2.45, 2.75) is 31.8 Å². The molecule has 0 bridgehead atoms. The Morgan fingerprint density at radius 3 is 2.69 bits per heavy atom. The SMILES string of the molecule is Fc1ccc(Cc2cccc([C@H]3CCCN3Cc3cccnc3)n2)cc1. The second kappa shape index (κ2) is 7.75. The minimum atomic E-state index is -0.201. The molecule has 4 heteroatoms. The molecule has 3 heterocycles. The van der Waals surface area contributed by atoms with Gasteiger partial charge in [-0.05, 0) is 60.8 Å². The molecule has 1 atom stereocenters. The zero-order valence-corrected chi connectivity index (χ0v) is 14.7. The Bertz CT molecular complexity index is 849. The number of nitrogens with zero attached hydrogens (tertiary/aromatic N) is 3. The summed E-state index contributed by atoms with van der Waals surface area (Å²) in [6.07, 6.45) is 6.80. The Morgan fingerprint density at radius 2 is 1.88 bits per heavy atom. The van der Waals surface area contributed by atoms with Gasteiger partial charge in [0.25, 0.3) is 0 Å². The van der Waals surface area contributed by atoms with Gasteiger partial charge < -0.3 is 0 Å². The van der Waals surface area contributed by atoms with Gasteiger partial charge in [-0.2, -0.15) is 0 Å². The first-order valence-electron chi connectivity index (χ1n) is 9.11. The van der Waals surface area contributed by atoms with Crippen LogP contribution in [-0.2, 0) is 13.0 Å². The molecule has 0 radical (unpaired) electrons. The van der Waals surface area contributed by atoms with Crippen molar-refractivity contribution in [2.75, 3.05) is 6.54 Å². The molecule has 4 rings (SSSR count). The third-order valence-electron chi connectivity index (χ3n) is 4.94. The monoisotopic (exact) mass is 347 g/mol. The van der Waals surface area contributed by atoms with Gasteiger partial charge in [-0.15, -0.1) is 0 Å². The van der Waals surface area contributed by atoms with Crippen LogP contribution in [0.5, 0.6) is 0 Å². The molecule has 132 valence electrons. The maximum Gasteiger partial charge on any atom is 0.123 e. The Hall–Kier alpha value is -2.59. The fraction of sp³-hybridized carbons (Fsp3) is 0.273. The van der Waals surface area contributed by atoms with Crippen LogP contribution in [0.3, 0.4) is 0 Å². The highest BCUT2D eigenvalue weighted by molar-refractivity contribution is 5.24. The van der Waals surface area contributed by atoms with Gasteiger partial charge in [0.2, 0.25) is 0 Å². The maximum atomic E-state index is 13.1. The van der Waals surface area contributed by atoms with Crippen LogP contribution in [0.1, 0.15) is 41.4 Å². The molecular weight excluding hydrogens is 325 g/mol. The first-order chi connectivity index (χ1) is 12.8. The summed E-state index contributed by atoms with van der Waals surface area (Å²) in [4.78, 5) is 11.6. The Labute approximate surface area is 153 Å². The molecule has 1 aromatic carbocycles. The van der Waals surface area contributed by atoms with E-state index in [4.69, 9.17) is 4.98 Å². The molecule has 1 aliphatic rings. The summed E-state index contributed by atoms with van der Waals surface area (Å²) in [5.74, 6) is -0.201. The second-order valence-electron chi connectivity index (χ2n) is 6.85. The van der Waals surface area contributed by atoms with E-state index in [1.54, 1.807) is 0 Å². The summed E-state index contributed by atoms with van der Waals surface area (Å²) in [5.41, 5.74) is 4.48. The van der Waals surface area contributed by atoms with Gasteiger partial charge in [0.15, 0.2) is 0 Å². The quantitative estimate of drug-likeness (QED) is 0.678. The topological polar surface area (TPSA) is 29.0 Å². The van der Waals surface area contributed by atoms with Gasteiger partial charge in [-0.25, -0.2) is 4.39 Å². The largest absolute Gasteiger partial charge is 0.290 e. The Balaban J connectivity index is 1.50. The highest BCUT2D eigenvalue weighted by Crippen LogP contribution is 2.32. The van der Waals surface area contributed by atoms with Crippen LogP contribution in [-0.4, -0.2) is 21.4 Å². The molecule has 0 spiro atoms. The van der Waals surface area contributed by atoms with E-state index >= 15 is 0 Å². The minimum absolute atomic E-state index is 0.201. The molecule has 0 N–H and O–H groups in total. The zero-order valence-electron chi connectivity index (χ0n) is 14.7. The van der Waals surface area contributed by atoms with Crippen LogP contribution in [0.25, 0.3) is 0 Å². The lowest BCUT2D eigenvalue weighted by Crippen LogP contribution is -2.23. The van der Waals surface area contributed by atoms with Crippen LogP contribution < -0.4 is 0 Å². The van der Waals surface area contributed by atoms with Crippen molar-refractivity contribution < 1.29 is 4.39 Å². The fourth-order valence-corrected chi connectivity index (χ4v) is 3.67. The number of benzene rings is 1. The van der Waals surface area contributed by atoms with Crippen molar-refractivity contribution in [2.24, 2.45) is 0 Å². The number of hydrogen-bond donors (Lipinski definition) is 0. The number of aromatic nitrogens is 2. The fourth-order valence-electron chi connectivity index (χ4n) is 3.67. The number of likely N-dealkylation sites (tertiary alicyclic amines) is 1. The third kappa shape index (κ3) is 3.97. The molecule has 0 saturated carbocycles. The predicted molar refractivity (Wildman–Crippen MR) is 100 cm³/mol. The number of hydrogen-bond acceptors (Lipinski definition) is 3. The predicted octanol–water partition coefficient (Wildman–Crippen LogP) is 4.54. The van der Waals surface area contributed by atoms with Gasteiger partial charge in [0.05, 0.1) is 11.7 Å². The van der Waals surface area contributed by atoms with Crippen molar-refractivity contribution in [1.29, 1.82) is 0 Å². The summed E-state index contributed by atoms with van der Waals surface area (Å²) < 4.78 is 13.1. The molecule has 0 amide bonds. The van der Waals surface area contributed by atoms with Crippen LogP contribution in [0.4, 0.5) is 4.39 Å². The van der Waals surface area contributed by atoms with Gasteiger partial charge in [0, 0.05) is 31.1 Å². The first-order valence-corrected chi connectivity index (χ1v) is 9.11. The summed E-state index contributed by atoms with van der Waals surface area (Å²) in [5, 5.41) is 0. The molecule has 26 heavy (non-hydrogen) atoms. The van der Waals surface area contributed by atoms with Crippen LogP contribution in [0.2, 0.25) is 0 Å². The summed E-state index contributed by atoms with van der Waals surface area (Å²) in [7, 11) is 0. The summed E-state index contributed by atoms with van der Waals surface area (Å²) in [6.45, 7) is 1.99. The number of halogens is 1. The first kappa shape index (κ1) is 16.9. The van der Waals surface area contributed by atoms with Crippen molar-refractivity contribution in [1.82, 2.24) is 14.9 Å². The molecule has 1 saturated heterocycles. The lowest BCUT2D eigenvalue weighted by Gasteiger charge is -2.24. The van der Waals surface area contributed by atoms with Crippen molar-refractivity contribution in [3.63, 3.8) is 0 Å². The van der Waals surface area contributed by atoms with Crippen LogP contribution in [0.15, 0.2) is 67.0 Å². The molecule has 3 aromatic rings. The second-order valence-corrected chi connectivity index (χ2v) is 6.85. The molecule has 3 nitrogen and oxygen atoms in total. The molecule has 2 aromatic heterocycles. The van der Waals surface area contributed by atoms with E-state index in [1.165, 1.54) is 24.1 Å². The summed E-state index contributed by atoms with van der Waals surface area (Å²) in [6, 6.07) is 17.4. The highest BCUT2D eigenvalue weighted by Gasteiger charge is 2.27. The van der Waals surface area contributed by atoms with E-state index < -0.39 is 0 Å². The lowest BCUT2D eigenvalue weighted by molar-refractivity contribution is 0.244. The van der Waals surface area contributed by atoms with Crippen molar-refractivity contribution in [3.8, 4) is 0 Å². The van der Waals surface area contributed by atoms with Gasteiger partial charge in [0.1, 0.15) is 5.82 Å². The molecule has 0 aliphatic carbocycles. The van der Waals surface area contributed by atoms with E-state index in [9.17, 15) is 4.39 Å². The van der Waals surface area contributed by atoms with Crippen molar-refractivity contribution >= 4 is 0 Å². The van der Waals surface area contributed by atoms with E-state index in [2.05, 4.69) is 28.1 Å². The average molecular weight is 347 g/mol. The number of rotatable bonds is 5.